The van der Waals surface area contributed by atoms with Gasteiger partial charge in [0, 0.05) is 0 Å². The third-order valence-electron chi connectivity index (χ3n) is 4.37. The van der Waals surface area contributed by atoms with Gasteiger partial charge in [0.2, 0.25) is 0 Å². The Morgan fingerprint density at radius 3 is 1.56 bits per heavy atom. The van der Waals surface area contributed by atoms with Crippen LogP contribution in [0.4, 0.5) is 0 Å². The summed E-state index contributed by atoms with van der Waals surface area (Å²) in [5.74, 6) is -5.44. The SMILES string of the molecule is O=C([O][Ge][O]C(=O)C12C=C(O)C(O)=C(O)C1S2)C12C=C(O)C(O)=C(O)C1S2. The maximum atomic E-state index is 12.2. The quantitative estimate of drug-likeness (QED) is 0.251. The number of rotatable bonds is 4. The van der Waals surface area contributed by atoms with Crippen molar-refractivity contribution >= 4 is 51.6 Å². The van der Waals surface area contributed by atoms with Gasteiger partial charge >= 0.3 is 166 Å². The molecule has 2 fully saturated rings. The van der Waals surface area contributed by atoms with Crippen LogP contribution in [0.25, 0.3) is 0 Å². The number of carbonyl (C=O) groups is 2. The predicted octanol–water partition coefficient (Wildman–Crippen LogP) is 0.882. The van der Waals surface area contributed by atoms with Crippen molar-refractivity contribution in [2.75, 3.05) is 0 Å². The van der Waals surface area contributed by atoms with Gasteiger partial charge in [-0.3, -0.25) is 0 Å². The van der Waals surface area contributed by atoms with Gasteiger partial charge in [-0.05, 0) is 0 Å². The van der Waals surface area contributed by atoms with Gasteiger partial charge in [0.15, 0.2) is 0 Å². The molecular weight excluding hydrogens is 465 g/mol. The first-order chi connectivity index (χ1) is 12.6. The Morgan fingerprint density at radius 1 is 0.815 bits per heavy atom. The Morgan fingerprint density at radius 2 is 1.19 bits per heavy atom. The summed E-state index contributed by atoms with van der Waals surface area (Å²) in [6, 6.07) is 0. The van der Waals surface area contributed by atoms with E-state index in [1.807, 2.05) is 0 Å². The van der Waals surface area contributed by atoms with Crippen LogP contribution >= 0.6 is 23.5 Å². The average Bonchev–Trinajstić information content (AvgIpc) is 3.52. The van der Waals surface area contributed by atoms with Crippen LogP contribution in [0.15, 0.2) is 46.7 Å². The van der Waals surface area contributed by atoms with Crippen LogP contribution in [0.3, 0.4) is 0 Å². The second-order valence-electron chi connectivity index (χ2n) is 5.97. The molecule has 4 aliphatic rings. The van der Waals surface area contributed by atoms with Crippen LogP contribution in [-0.2, 0) is 17.1 Å². The molecular formula is C14H10GeO10S2. The summed E-state index contributed by atoms with van der Waals surface area (Å²) in [6.07, 6.45) is 2.12. The zero-order valence-corrected chi connectivity index (χ0v) is 16.7. The van der Waals surface area contributed by atoms with E-state index in [4.69, 9.17) is 7.53 Å². The molecule has 2 heterocycles. The molecule has 0 aromatic carbocycles. The van der Waals surface area contributed by atoms with Crippen molar-refractivity contribution in [2.24, 2.45) is 0 Å². The van der Waals surface area contributed by atoms with Crippen LogP contribution in [0.1, 0.15) is 0 Å². The van der Waals surface area contributed by atoms with E-state index in [9.17, 15) is 40.2 Å². The molecule has 0 bridgehead atoms. The molecule has 142 valence electrons. The van der Waals surface area contributed by atoms with E-state index < -0.39 is 82.6 Å². The first kappa shape index (κ1) is 18.3. The van der Waals surface area contributed by atoms with Gasteiger partial charge in [-0.1, -0.05) is 0 Å². The number of aliphatic hydroxyl groups is 6. The van der Waals surface area contributed by atoms with Crippen LogP contribution < -0.4 is 0 Å². The molecule has 13 heteroatoms. The van der Waals surface area contributed by atoms with Crippen molar-refractivity contribution < 1.29 is 47.8 Å². The number of aliphatic hydroxyl groups excluding tert-OH is 6. The molecule has 4 unspecified atom stereocenters. The fourth-order valence-corrected chi connectivity index (χ4v) is 6.50. The molecule has 0 aromatic rings. The van der Waals surface area contributed by atoms with Crippen molar-refractivity contribution in [3.63, 3.8) is 0 Å². The molecule has 4 rings (SSSR count). The summed E-state index contributed by atoms with van der Waals surface area (Å²) in [5, 5.41) is 55.9. The summed E-state index contributed by atoms with van der Waals surface area (Å²) < 4.78 is 7.24. The van der Waals surface area contributed by atoms with E-state index in [0.717, 1.165) is 35.7 Å². The molecule has 2 aliphatic heterocycles. The number of fused-ring (bicyclic) bond motifs is 2. The predicted molar refractivity (Wildman–Crippen MR) is 92.1 cm³/mol. The van der Waals surface area contributed by atoms with Crippen LogP contribution in [0, 0.1) is 0 Å². The minimum atomic E-state index is -2.02. The number of thioether (sulfide) groups is 2. The summed E-state index contributed by atoms with van der Waals surface area (Å²) >= 11 is -0.113. The molecule has 10 nitrogen and oxygen atoms in total. The third-order valence-corrected chi connectivity index (χ3v) is 8.47. The van der Waals surface area contributed by atoms with Crippen molar-refractivity contribution in [3.05, 3.63) is 46.7 Å². The fraction of sp³-hybridized carbons (Fsp3) is 0.286. The Kier molecular flexibility index (Phi) is 3.88. The fourth-order valence-electron chi connectivity index (χ4n) is 2.80. The van der Waals surface area contributed by atoms with Gasteiger partial charge in [-0.25, -0.2) is 0 Å². The van der Waals surface area contributed by atoms with Gasteiger partial charge in [0.1, 0.15) is 0 Å². The summed E-state index contributed by atoms with van der Waals surface area (Å²) in [6.45, 7) is 0. The number of hydrogen-bond acceptors (Lipinski definition) is 12. The Bertz CT molecular complexity index is 836. The molecule has 27 heavy (non-hydrogen) atoms. The molecule has 6 N–H and O–H groups in total. The van der Waals surface area contributed by atoms with E-state index in [1.165, 1.54) is 0 Å². The van der Waals surface area contributed by atoms with Crippen LogP contribution in [0.2, 0.25) is 0 Å². The molecule has 0 aromatic heterocycles. The Labute approximate surface area is 166 Å². The van der Waals surface area contributed by atoms with Crippen molar-refractivity contribution in [1.82, 2.24) is 0 Å². The van der Waals surface area contributed by atoms with E-state index in [2.05, 4.69) is 0 Å². The number of carbonyl (C=O) groups excluding carboxylic acids is 2. The topological polar surface area (TPSA) is 174 Å². The molecule has 2 saturated heterocycles. The van der Waals surface area contributed by atoms with E-state index in [0.29, 0.717) is 0 Å². The molecule has 2 radical (unpaired) electrons. The van der Waals surface area contributed by atoms with Gasteiger partial charge in [-0.2, -0.15) is 0 Å². The summed E-state index contributed by atoms with van der Waals surface area (Å²) in [7, 11) is 0. The first-order valence-electron chi connectivity index (χ1n) is 7.26. The van der Waals surface area contributed by atoms with Crippen molar-refractivity contribution in [1.29, 1.82) is 0 Å². The zero-order chi connectivity index (χ0) is 19.7. The standard InChI is InChI=1S/C14H10GeO10S2/c16-3-1-13(9(26-13)7(20)5(3)18)11(22)24-15-25-12(23)14-2-4(17)6(19)8(21)10(14)27-14/h1-2,9-10,16-21H. The Balaban J connectivity index is 1.36. The van der Waals surface area contributed by atoms with E-state index in [1.54, 1.807) is 0 Å². The average molecular weight is 475 g/mol. The van der Waals surface area contributed by atoms with Crippen LogP contribution in [-0.4, -0.2) is 78.7 Å². The normalized spacial score (nSPS) is 36.1. The minimum absolute atomic E-state index is 0.532. The molecule has 0 amide bonds. The summed E-state index contributed by atoms with van der Waals surface area (Å²) in [4.78, 5) is 24.5. The second kappa shape index (κ2) is 5.72. The van der Waals surface area contributed by atoms with Crippen molar-refractivity contribution in [3.8, 4) is 0 Å². The van der Waals surface area contributed by atoms with Gasteiger partial charge < -0.3 is 0 Å². The van der Waals surface area contributed by atoms with Gasteiger partial charge in [0.25, 0.3) is 0 Å². The van der Waals surface area contributed by atoms with Crippen LogP contribution in [0.5, 0.6) is 0 Å². The van der Waals surface area contributed by atoms with Gasteiger partial charge in [-0.15, -0.1) is 0 Å². The first-order valence-corrected chi connectivity index (χ1v) is 10.7. The molecule has 0 saturated carbocycles. The monoisotopic (exact) mass is 476 g/mol. The number of hydrogen-bond donors (Lipinski definition) is 6. The summed E-state index contributed by atoms with van der Waals surface area (Å²) in [5.41, 5.74) is 0. The second-order valence-corrected chi connectivity index (χ2v) is 9.94. The zero-order valence-electron chi connectivity index (χ0n) is 12.9. The Hall–Kier alpha value is -2.06. The van der Waals surface area contributed by atoms with Gasteiger partial charge in [0.05, 0.1) is 0 Å². The van der Waals surface area contributed by atoms with E-state index >= 15 is 0 Å². The molecule has 4 atom stereocenters. The van der Waals surface area contributed by atoms with Crippen molar-refractivity contribution in [2.45, 2.75) is 20.0 Å². The van der Waals surface area contributed by atoms with E-state index in [-0.39, 0.29) is 0 Å². The third kappa shape index (κ3) is 2.50. The maximum absolute atomic E-state index is 12.2. The molecule has 2 aliphatic carbocycles. The molecule has 0 spiro atoms.